The third kappa shape index (κ3) is 1.70. The summed E-state index contributed by atoms with van der Waals surface area (Å²) in [5.41, 5.74) is 0.687. The van der Waals surface area contributed by atoms with Crippen LogP contribution in [0.15, 0.2) is 12.3 Å². The van der Waals surface area contributed by atoms with Crippen LogP contribution in [-0.2, 0) is 15.0 Å². The second-order valence-electron chi connectivity index (χ2n) is 5.91. The summed E-state index contributed by atoms with van der Waals surface area (Å²) >= 11 is 0. The van der Waals surface area contributed by atoms with Gasteiger partial charge in [-0.25, -0.2) is 0 Å². The molecule has 2 heterocycles. The van der Waals surface area contributed by atoms with E-state index in [9.17, 15) is 19.6 Å². The minimum absolute atomic E-state index is 0.0953. The van der Waals surface area contributed by atoms with Gasteiger partial charge in [0.05, 0.1) is 22.8 Å². The first kappa shape index (κ1) is 13.3. The molecule has 0 radical (unpaired) electrons. The molecule has 3 rings (SSSR count). The van der Waals surface area contributed by atoms with Gasteiger partial charge in [0.2, 0.25) is 5.91 Å². The van der Waals surface area contributed by atoms with Crippen molar-refractivity contribution in [2.75, 3.05) is 4.90 Å². The van der Waals surface area contributed by atoms with Crippen LogP contribution in [0.2, 0.25) is 0 Å². The molecule has 1 aromatic rings. The van der Waals surface area contributed by atoms with Gasteiger partial charge in [0, 0.05) is 24.5 Å². The highest BCUT2D eigenvalue weighted by atomic mass is 16.4. The SMILES string of the molecule is CC1(C)C(=O)N(C2CC(=O)C2)c2cc(B(O)O)cnc21. The Morgan fingerprint density at radius 1 is 1.35 bits per heavy atom. The Hall–Kier alpha value is -1.73. The third-order valence-electron chi connectivity index (χ3n) is 4.08. The van der Waals surface area contributed by atoms with Gasteiger partial charge in [0.25, 0.3) is 0 Å². The number of carbonyl (C=O) groups excluding carboxylic acids is 2. The molecule has 104 valence electrons. The van der Waals surface area contributed by atoms with E-state index in [0.29, 0.717) is 24.2 Å². The van der Waals surface area contributed by atoms with Crippen LogP contribution in [0.4, 0.5) is 5.69 Å². The second kappa shape index (κ2) is 4.13. The summed E-state index contributed by atoms with van der Waals surface area (Å²) in [6, 6.07) is 1.44. The van der Waals surface area contributed by atoms with Crippen LogP contribution in [0.3, 0.4) is 0 Å². The lowest BCUT2D eigenvalue weighted by Gasteiger charge is -2.34. The fraction of sp³-hybridized carbons (Fsp3) is 0.462. The predicted octanol–water partition coefficient (Wildman–Crippen LogP) is -0.883. The molecule has 1 amide bonds. The molecule has 0 atom stereocenters. The Morgan fingerprint density at radius 3 is 2.55 bits per heavy atom. The first-order valence-corrected chi connectivity index (χ1v) is 6.54. The van der Waals surface area contributed by atoms with E-state index < -0.39 is 12.5 Å². The Morgan fingerprint density at radius 2 is 2.00 bits per heavy atom. The zero-order valence-corrected chi connectivity index (χ0v) is 11.3. The third-order valence-corrected chi connectivity index (χ3v) is 4.08. The van der Waals surface area contributed by atoms with Crippen LogP contribution in [0, 0.1) is 0 Å². The van der Waals surface area contributed by atoms with E-state index in [1.165, 1.54) is 6.20 Å². The number of aromatic nitrogens is 1. The van der Waals surface area contributed by atoms with E-state index in [1.807, 2.05) is 0 Å². The van der Waals surface area contributed by atoms with Gasteiger partial charge >= 0.3 is 7.12 Å². The monoisotopic (exact) mass is 274 g/mol. The minimum atomic E-state index is -1.63. The molecule has 2 aliphatic rings. The minimum Gasteiger partial charge on any atom is -0.423 e. The molecule has 0 spiro atoms. The number of hydrogen-bond acceptors (Lipinski definition) is 5. The maximum Gasteiger partial charge on any atom is 0.490 e. The Kier molecular flexibility index (Phi) is 2.74. The molecule has 1 saturated carbocycles. The van der Waals surface area contributed by atoms with Gasteiger partial charge in [0.15, 0.2) is 0 Å². The highest BCUT2D eigenvalue weighted by Gasteiger charge is 2.50. The lowest BCUT2D eigenvalue weighted by atomic mass is 9.80. The fourth-order valence-electron chi connectivity index (χ4n) is 2.80. The average molecular weight is 274 g/mol. The number of pyridine rings is 1. The maximum absolute atomic E-state index is 12.6. The Bertz CT molecular complexity index is 606. The van der Waals surface area contributed by atoms with E-state index in [1.54, 1.807) is 24.8 Å². The van der Waals surface area contributed by atoms with Crippen molar-refractivity contribution in [2.24, 2.45) is 0 Å². The molecule has 1 fully saturated rings. The fourth-order valence-corrected chi connectivity index (χ4v) is 2.80. The summed E-state index contributed by atoms with van der Waals surface area (Å²) in [6.45, 7) is 3.58. The molecule has 1 aliphatic carbocycles. The van der Waals surface area contributed by atoms with Gasteiger partial charge in [-0.05, 0) is 19.9 Å². The number of anilines is 1. The van der Waals surface area contributed by atoms with Crippen molar-refractivity contribution in [3.63, 3.8) is 0 Å². The summed E-state index contributed by atoms with van der Waals surface area (Å²) in [7, 11) is -1.63. The lowest BCUT2D eigenvalue weighted by Crippen LogP contribution is -2.49. The van der Waals surface area contributed by atoms with Crippen LogP contribution in [0.1, 0.15) is 32.4 Å². The number of rotatable bonds is 2. The molecule has 0 aromatic carbocycles. The maximum atomic E-state index is 12.6. The van der Waals surface area contributed by atoms with Gasteiger partial charge in [0.1, 0.15) is 5.78 Å². The van der Waals surface area contributed by atoms with Gasteiger partial charge in [-0.15, -0.1) is 0 Å². The van der Waals surface area contributed by atoms with Gasteiger partial charge < -0.3 is 14.9 Å². The van der Waals surface area contributed by atoms with Crippen LogP contribution in [0.5, 0.6) is 0 Å². The van der Waals surface area contributed by atoms with Gasteiger partial charge in [-0.1, -0.05) is 0 Å². The van der Waals surface area contributed by atoms with Crippen molar-refractivity contribution >= 4 is 30.0 Å². The topological polar surface area (TPSA) is 90.7 Å². The van der Waals surface area contributed by atoms with Crippen molar-refractivity contribution in [1.29, 1.82) is 0 Å². The molecule has 20 heavy (non-hydrogen) atoms. The Labute approximate surface area is 116 Å². The average Bonchev–Trinajstić information content (AvgIpc) is 2.54. The standard InChI is InChI=1S/C13H15BN2O4/c1-13(2)11-10(3-7(6-15-11)14(19)20)16(12(13)18)8-4-9(17)5-8/h3,6,8,19-20H,4-5H2,1-2H3. The van der Waals surface area contributed by atoms with Crippen LogP contribution in [0.25, 0.3) is 0 Å². The van der Waals surface area contributed by atoms with Crippen LogP contribution in [-0.4, -0.2) is 39.9 Å². The zero-order chi connectivity index (χ0) is 14.7. The number of nitrogens with zero attached hydrogens (tertiary/aromatic N) is 2. The van der Waals surface area contributed by atoms with Gasteiger partial charge in [-0.2, -0.15) is 0 Å². The smallest absolute Gasteiger partial charge is 0.423 e. The van der Waals surface area contributed by atoms with Crippen molar-refractivity contribution < 1.29 is 19.6 Å². The highest BCUT2D eigenvalue weighted by Crippen LogP contribution is 2.43. The first-order valence-electron chi connectivity index (χ1n) is 6.54. The van der Waals surface area contributed by atoms with Crippen molar-refractivity contribution in [3.8, 4) is 0 Å². The number of amides is 1. The second-order valence-corrected chi connectivity index (χ2v) is 5.91. The molecule has 1 aliphatic heterocycles. The molecule has 7 heteroatoms. The molecule has 0 unspecified atom stereocenters. The van der Waals surface area contributed by atoms with Gasteiger partial charge in [-0.3, -0.25) is 14.6 Å². The number of ketones is 1. The number of fused-ring (bicyclic) bond motifs is 1. The number of carbonyl (C=O) groups is 2. The number of hydrogen-bond donors (Lipinski definition) is 2. The quantitative estimate of drug-likeness (QED) is 0.683. The van der Waals surface area contributed by atoms with E-state index in [0.717, 1.165) is 0 Å². The molecule has 0 bridgehead atoms. The highest BCUT2D eigenvalue weighted by molar-refractivity contribution is 6.58. The van der Waals surface area contributed by atoms with Crippen molar-refractivity contribution in [1.82, 2.24) is 4.98 Å². The molecule has 1 aromatic heterocycles. The number of Topliss-reactive ketones (excluding diaryl/α,β-unsaturated/α-hetero) is 1. The first-order chi connectivity index (χ1) is 9.32. The lowest BCUT2D eigenvalue weighted by molar-refractivity contribution is -0.127. The summed E-state index contributed by atoms with van der Waals surface area (Å²) < 4.78 is 0. The zero-order valence-electron chi connectivity index (χ0n) is 11.3. The molecular formula is C13H15BN2O4. The summed E-state index contributed by atoms with van der Waals surface area (Å²) in [4.78, 5) is 29.6. The van der Waals surface area contributed by atoms with E-state index in [2.05, 4.69) is 4.98 Å². The molecule has 6 nitrogen and oxygen atoms in total. The predicted molar refractivity (Wildman–Crippen MR) is 72.6 cm³/mol. The van der Waals surface area contributed by atoms with Crippen LogP contribution < -0.4 is 10.4 Å². The summed E-state index contributed by atoms with van der Waals surface area (Å²) in [5, 5.41) is 18.5. The summed E-state index contributed by atoms with van der Waals surface area (Å²) in [6.07, 6.45) is 2.08. The van der Waals surface area contributed by atoms with Crippen molar-refractivity contribution in [3.05, 3.63) is 18.0 Å². The van der Waals surface area contributed by atoms with E-state index >= 15 is 0 Å². The van der Waals surface area contributed by atoms with E-state index in [-0.39, 0.29) is 23.2 Å². The van der Waals surface area contributed by atoms with Crippen molar-refractivity contribution in [2.45, 2.75) is 38.1 Å². The molecular weight excluding hydrogens is 259 g/mol. The van der Waals surface area contributed by atoms with Crippen LogP contribution >= 0.6 is 0 Å². The largest absolute Gasteiger partial charge is 0.490 e. The molecule has 0 saturated heterocycles. The van der Waals surface area contributed by atoms with E-state index in [4.69, 9.17) is 0 Å². The normalized spacial score (nSPS) is 20.9. The molecule has 2 N–H and O–H groups in total. The summed E-state index contributed by atoms with van der Waals surface area (Å²) in [5.74, 6) is 0.0439. The Balaban J connectivity index is 2.08.